The van der Waals surface area contributed by atoms with Gasteiger partial charge in [0.1, 0.15) is 17.5 Å². The van der Waals surface area contributed by atoms with Crippen LogP contribution in [-0.4, -0.2) is 23.0 Å². The fraction of sp³-hybridized carbons (Fsp3) is 0.192. The predicted octanol–water partition coefficient (Wildman–Crippen LogP) is 8.47. The van der Waals surface area contributed by atoms with E-state index in [1.54, 1.807) is 36.4 Å². The maximum absolute atomic E-state index is 13.3. The van der Waals surface area contributed by atoms with Gasteiger partial charge in [-0.15, -0.1) is 0 Å². The molecule has 0 atom stereocenters. The molecule has 0 unspecified atom stereocenters. The van der Waals surface area contributed by atoms with Crippen LogP contribution in [-0.2, 0) is 6.61 Å². The minimum Gasteiger partial charge on any atom is -0.493 e. The molecule has 0 bridgehead atoms. The van der Waals surface area contributed by atoms with E-state index < -0.39 is 0 Å². The van der Waals surface area contributed by atoms with Gasteiger partial charge in [-0.3, -0.25) is 4.79 Å². The van der Waals surface area contributed by atoms with Crippen LogP contribution in [0.1, 0.15) is 36.7 Å². The molecular weight excluding hydrogens is 668 g/mol. The third-order valence-corrected chi connectivity index (χ3v) is 7.95. The molecule has 1 heterocycles. The molecule has 0 saturated carbocycles. The SMILES string of the molecule is COc1cc(C=Nn2c(C(C)C)nc3ccc(Br)cc3c2=O)c(Br)c(Cl)c1OCc1ccc(Cl)cc1Cl. The van der Waals surface area contributed by atoms with Crippen LogP contribution < -0.4 is 15.0 Å². The second-order valence-electron chi connectivity index (χ2n) is 8.30. The number of fused-ring (bicyclic) bond motifs is 1. The standard InChI is InChI=1S/C26H20Br2Cl3N3O3/c1-13(2)25-33-20-7-5-16(27)9-18(20)26(35)34(25)32-11-15-8-21(36-3)24(23(31)22(15)28)37-12-14-4-6-17(29)10-19(14)30/h4-11,13H,12H2,1-3H3. The van der Waals surface area contributed by atoms with Crippen molar-refractivity contribution < 1.29 is 9.47 Å². The summed E-state index contributed by atoms with van der Waals surface area (Å²) in [4.78, 5) is 18.0. The first kappa shape index (κ1) is 27.9. The molecular formula is C26H20Br2Cl3N3O3. The summed E-state index contributed by atoms with van der Waals surface area (Å²) in [5.74, 6) is 1.20. The van der Waals surface area contributed by atoms with E-state index in [0.29, 0.717) is 48.3 Å². The molecule has 0 radical (unpaired) electrons. The smallest absolute Gasteiger partial charge is 0.282 e. The van der Waals surface area contributed by atoms with Crippen LogP contribution in [0.2, 0.25) is 15.1 Å². The molecule has 0 saturated heterocycles. The van der Waals surface area contributed by atoms with Crippen molar-refractivity contribution in [2.45, 2.75) is 26.4 Å². The van der Waals surface area contributed by atoms with E-state index >= 15 is 0 Å². The molecule has 4 rings (SSSR count). The number of methoxy groups -OCH3 is 1. The minimum absolute atomic E-state index is 0.0464. The highest BCUT2D eigenvalue weighted by molar-refractivity contribution is 9.10. The van der Waals surface area contributed by atoms with Crippen molar-refractivity contribution in [3.05, 3.63) is 93.8 Å². The van der Waals surface area contributed by atoms with E-state index in [9.17, 15) is 4.79 Å². The summed E-state index contributed by atoms with van der Waals surface area (Å²) in [5, 5.41) is 6.23. The number of nitrogens with zero attached hydrogens (tertiary/aromatic N) is 3. The molecule has 0 amide bonds. The van der Waals surface area contributed by atoms with E-state index in [1.165, 1.54) is 18.0 Å². The lowest BCUT2D eigenvalue weighted by Crippen LogP contribution is -2.23. The first-order valence-electron chi connectivity index (χ1n) is 11.0. The second kappa shape index (κ2) is 11.7. The van der Waals surface area contributed by atoms with Gasteiger partial charge < -0.3 is 9.47 Å². The molecule has 11 heteroatoms. The summed E-state index contributed by atoms with van der Waals surface area (Å²) in [6.45, 7) is 4.05. The quantitative estimate of drug-likeness (QED) is 0.183. The Labute approximate surface area is 245 Å². The first-order valence-corrected chi connectivity index (χ1v) is 13.7. The number of rotatable bonds is 7. The summed E-state index contributed by atoms with van der Waals surface area (Å²) in [5.41, 5.74) is 1.65. The van der Waals surface area contributed by atoms with Crippen molar-refractivity contribution in [1.29, 1.82) is 0 Å². The summed E-state index contributed by atoms with van der Waals surface area (Å²) in [6, 6.07) is 12.2. The van der Waals surface area contributed by atoms with Crippen LogP contribution in [0.25, 0.3) is 10.9 Å². The molecule has 0 spiro atoms. The lowest BCUT2D eigenvalue weighted by molar-refractivity contribution is 0.284. The monoisotopic (exact) mass is 685 g/mol. The van der Waals surface area contributed by atoms with Gasteiger partial charge in [-0.2, -0.15) is 9.78 Å². The zero-order valence-corrected chi connectivity index (χ0v) is 25.3. The Balaban J connectivity index is 1.73. The average molecular weight is 689 g/mol. The lowest BCUT2D eigenvalue weighted by Gasteiger charge is -2.16. The molecule has 0 N–H and O–H groups in total. The first-order chi connectivity index (χ1) is 17.6. The largest absolute Gasteiger partial charge is 0.493 e. The van der Waals surface area contributed by atoms with Gasteiger partial charge in [-0.05, 0) is 52.3 Å². The molecule has 37 heavy (non-hydrogen) atoms. The second-order valence-corrected chi connectivity index (χ2v) is 11.2. The Hall–Kier alpha value is -2.10. The van der Waals surface area contributed by atoms with Gasteiger partial charge in [0, 0.05) is 36.0 Å². The molecule has 6 nitrogen and oxygen atoms in total. The summed E-state index contributed by atoms with van der Waals surface area (Å²) in [6.07, 6.45) is 1.52. The number of ether oxygens (including phenoxy) is 2. The van der Waals surface area contributed by atoms with Crippen molar-refractivity contribution in [3.8, 4) is 11.5 Å². The molecule has 0 fully saturated rings. The molecule has 192 valence electrons. The van der Waals surface area contributed by atoms with Crippen LogP contribution in [0.15, 0.2) is 61.3 Å². The molecule has 3 aromatic carbocycles. The van der Waals surface area contributed by atoms with Gasteiger partial charge in [-0.25, -0.2) is 4.98 Å². The van der Waals surface area contributed by atoms with Crippen LogP contribution in [0.4, 0.5) is 0 Å². The van der Waals surface area contributed by atoms with E-state index in [-0.39, 0.29) is 23.1 Å². The van der Waals surface area contributed by atoms with Gasteiger partial charge in [-0.1, -0.05) is 70.6 Å². The van der Waals surface area contributed by atoms with Crippen molar-refractivity contribution >= 4 is 83.8 Å². The number of halogens is 5. The normalized spacial score (nSPS) is 11.6. The van der Waals surface area contributed by atoms with Crippen LogP contribution in [0, 0.1) is 0 Å². The summed E-state index contributed by atoms with van der Waals surface area (Å²) < 4.78 is 14.1. The lowest BCUT2D eigenvalue weighted by atomic mass is 10.2. The maximum atomic E-state index is 13.3. The highest BCUT2D eigenvalue weighted by atomic mass is 79.9. The number of hydrogen-bond donors (Lipinski definition) is 0. The Bertz CT molecular complexity index is 1590. The van der Waals surface area contributed by atoms with Gasteiger partial charge >= 0.3 is 0 Å². The van der Waals surface area contributed by atoms with Gasteiger partial charge in [0.15, 0.2) is 11.5 Å². The highest BCUT2D eigenvalue weighted by Crippen LogP contribution is 2.42. The van der Waals surface area contributed by atoms with E-state index in [1.807, 2.05) is 19.9 Å². The average Bonchev–Trinajstić information content (AvgIpc) is 2.86. The van der Waals surface area contributed by atoms with Crippen molar-refractivity contribution in [2.75, 3.05) is 7.11 Å². The van der Waals surface area contributed by atoms with E-state index in [4.69, 9.17) is 44.3 Å². The Morgan fingerprint density at radius 1 is 1.11 bits per heavy atom. The van der Waals surface area contributed by atoms with Gasteiger partial charge in [0.2, 0.25) is 0 Å². The van der Waals surface area contributed by atoms with Crippen molar-refractivity contribution in [1.82, 2.24) is 9.66 Å². The zero-order chi connectivity index (χ0) is 26.9. The predicted molar refractivity (Wildman–Crippen MR) is 157 cm³/mol. The van der Waals surface area contributed by atoms with Gasteiger partial charge in [0.05, 0.1) is 24.2 Å². The highest BCUT2D eigenvalue weighted by Gasteiger charge is 2.19. The molecule has 4 aromatic rings. The Kier molecular flexibility index (Phi) is 8.86. The van der Waals surface area contributed by atoms with Crippen molar-refractivity contribution in [3.63, 3.8) is 0 Å². The van der Waals surface area contributed by atoms with Crippen LogP contribution >= 0.6 is 66.7 Å². The zero-order valence-electron chi connectivity index (χ0n) is 19.9. The Morgan fingerprint density at radius 3 is 2.54 bits per heavy atom. The molecule has 1 aromatic heterocycles. The molecule has 0 aliphatic heterocycles. The molecule has 0 aliphatic rings. The van der Waals surface area contributed by atoms with Crippen molar-refractivity contribution in [2.24, 2.45) is 5.10 Å². The van der Waals surface area contributed by atoms with E-state index in [2.05, 4.69) is 41.9 Å². The van der Waals surface area contributed by atoms with E-state index in [0.717, 1.165) is 10.0 Å². The third-order valence-electron chi connectivity index (χ3n) is 5.43. The topological polar surface area (TPSA) is 65.7 Å². The fourth-order valence-corrected chi connectivity index (χ4v) is 5.02. The summed E-state index contributed by atoms with van der Waals surface area (Å²) in [7, 11) is 1.51. The maximum Gasteiger partial charge on any atom is 0.282 e. The van der Waals surface area contributed by atoms with Gasteiger partial charge in [0.25, 0.3) is 5.56 Å². The minimum atomic E-state index is -0.278. The fourth-order valence-electron chi connectivity index (χ4n) is 3.54. The number of hydrogen-bond acceptors (Lipinski definition) is 5. The van der Waals surface area contributed by atoms with Crippen LogP contribution in [0.3, 0.4) is 0 Å². The van der Waals surface area contributed by atoms with Crippen LogP contribution in [0.5, 0.6) is 11.5 Å². The summed E-state index contributed by atoms with van der Waals surface area (Å²) >= 11 is 25.8. The third kappa shape index (κ3) is 5.99. The number of aromatic nitrogens is 2. The Morgan fingerprint density at radius 2 is 1.86 bits per heavy atom. The molecule has 0 aliphatic carbocycles. The number of benzene rings is 3.